The molecule has 0 unspecified atom stereocenters. The average molecular weight is 229 g/mol. The molecule has 1 aromatic heterocycles. The number of benzene rings is 1. The molecule has 1 heterocycles. The normalized spacial score (nSPS) is 10.8. The Kier molecular flexibility index (Phi) is 3.32. The second-order valence-electron chi connectivity index (χ2n) is 4.40. The van der Waals surface area contributed by atoms with Gasteiger partial charge >= 0.3 is 0 Å². The Morgan fingerprint density at radius 2 is 1.82 bits per heavy atom. The van der Waals surface area contributed by atoms with Crippen LogP contribution in [0.1, 0.15) is 36.4 Å². The first kappa shape index (κ1) is 11.9. The van der Waals surface area contributed by atoms with E-state index in [0.29, 0.717) is 0 Å². The van der Waals surface area contributed by atoms with Crippen molar-refractivity contribution < 1.29 is 4.42 Å². The molecule has 2 heteroatoms. The average Bonchev–Trinajstić information content (AvgIpc) is 2.75. The van der Waals surface area contributed by atoms with Crippen molar-refractivity contribution in [3.05, 3.63) is 40.8 Å². The maximum Gasteiger partial charge on any atom is 0.226 e. The van der Waals surface area contributed by atoms with Crippen LogP contribution >= 0.6 is 0 Å². The zero-order chi connectivity index (χ0) is 12.4. The minimum atomic E-state index is 0.752. The highest BCUT2D eigenvalue weighted by Gasteiger charge is 2.12. The number of aryl methyl sites for hydroxylation is 4. The van der Waals surface area contributed by atoms with Gasteiger partial charge in [-0.05, 0) is 43.5 Å². The molecule has 2 nitrogen and oxygen atoms in total. The fourth-order valence-corrected chi connectivity index (χ4v) is 1.93. The van der Waals surface area contributed by atoms with Crippen LogP contribution in [-0.2, 0) is 12.8 Å². The Bertz CT molecular complexity index is 504. The van der Waals surface area contributed by atoms with Crippen LogP contribution in [0.5, 0.6) is 0 Å². The lowest BCUT2D eigenvalue weighted by atomic mass is 10.1. The molecule has 2 rings (SSSR count). The smallest absolute Gasteiger partial charge is 0.226 e. The highest BCUT2D eigenvalue weighted by Crippen LogP contribution is 2.24. The Balaban J connectivity index is 2.45. The Labute approximate surface area is 103 Å². The molecule has 90 valence electrons. The van der Waals surface area contributed by atoms with E-state index in [-0.39, 0.29) is 0 Å². The standard InChI is InChI=1S/C15H19NO/c1-5-13-14(6-2)17-15(16-13)12-8-7-10(3)11(4)9-12/h7-9H,5-6H2,1-4H3. The molecule has 0 aliphatic heterocycles. The second-order valence-corrected chi connectivity index (χ2v) is 4.40. The van der Waals surface area contributed by atoms with Crippen molar-refractivity contribution >= 4 is 0 Å². The third-order valence-electron chi connectivity index (χ3n) is 3.19. The van der Waals surface area contributed by atoms with E-state index in [1.165, 1.54) is 11.1 Å². The van der Waals surface area contributed by atoms with Crippen molar-refractivity contribution in [1.82, 2.24) is 4.98 Å². The van der Waals surface area contributed by atoms with Gasteiger partial charge in [0, 0.05) is 12.0 Å². The number of hydrogen-bond acceptors (Lipinski definition) is 2. The summed E-state index contributed by atoms with van der Waals surface area (Å²) in [6, 6.07) is 6.33. The van der Waals surface area contributed by atoms with Crippen molar-refractivity contribution in [3.63, 3.8) is 0 Å². The van der Waals surface area contributed by atoms with Crippen molar-refractivity contribution in [3.8, 4) is 11.5 Å². The van der Waals surface area contributed by atoms with E-state index >= 15 is 0 Å². The highest BCUT2D eigenvalue weighted by atomic mass is 16.4. The van der Waals surface area contributed by atoms with Gasteiger partial charge in [-0.25, -0.2) is 4.98 Å². The van der Waals surface area contributed by atoms with Crippen LogP contribution in [0.2, 0.25) is 0 Å². The fourth-order valence-electron chi connectivity index (χ4n) is 1.93. The summed E-state index contributed by atoms with van der Waals surface area (Å²) in [4.78, 5) is 4.57. The van der Waals surface area contributed by atoms with Gasteiger partial charge in [0.1, 0.15) is 5.76 Å². The lowest BCUT2D eigenvalue weighted by Crippen LogP contribution is -1.86. The van der Waals surface area contributed by atoms with Gasteiger partial charge in [0.2, 0.25) is 5.89 Å². The predicted molar refractivity (Wildman–Crippen MR) is 70.2 cm³/mol. The Morgan fingerprint density at radius 1 is 1.06 bits per heavy atom. The quantitative estimate of drug-likeness (QED) is 0.792. The predicted octanol–water partition coefficient (Wildman–Crippen LogP) is 4.08. The topological polar surface area (TPSA) is 26.0 Å². The molecule has 17 heavy (non-hydrogen) atoms. The van der Waals surface area contributed by atoms with Gasteiger partial charge in [0.25, 0.3) is 0 Å². The summed E-state index contributed by atoms with van der Waals surface area (Å²) in [5.41, 5.74) is 4.73. The van der Waals surface area contributed by atoms with Gasteiger partial charge in [-0.2, -0.15) is 0 Å². The van der Waals surface area contributed by atoms with E-state index < -0.39 is 0 Å². The molecular weight excluding hydrogens is 210 g/mol. The molecule has 0 amide bonds. The monoisotopic (exact) mass is 229 g/mol. The van der Waals surface area contributed by atoms with E-state index in [1.54, 1.807) is 0 Å². The first-order chi connectivity index (χ1) is 8.15. The summed E-state index contributed by atoms with van der Waals surface area (Å²) >= 11 is 0. The number of hydrogen-bond donors (Lipinski definition) is 0. The zero-order valence-electron chi connectivity index (χ0n) is 11.0. The van der Waals surface area contributed by atoms with Crippen molar-refractivity contribution in [2.75, 3.05) is 0 Å². The number of nitrogens with zero attached hydrogens (tertiary/aromatic N) is 1. The molecule has 0 aliphatic rings. The molecule has 0 atom stereocenters. The molecule has 1 aromatic carbocycles. The van der Waals surface area contributed by atoms with Crippen molar-refractivity contribution in [2.24, 2.45) is 0 Å². The highest BCUT2D eigenvalue weighted by molar-refractivity contribution is 5.56. The van der Waals surface area contributed by atoms with Gasteiger partial charge in [0.05, 0.1) is 5.69 Å². The first-order valence-corrected chi connectivity index (χ1v) is 6.21. The lowest BCUT2D eigenvalue weighted by Gasteiger charge is -2.01. The second kappa shape index (κ2) is 4.74. The number of rotatable bonds is 3. The Morgan fingerprint density at radius 3 is 2.35 bits per heavy atom. The van der Waals surface area contributed by atoms with Crippen LogP contribution in [0.15, 0.2) is 22.6 Å². The molecule has 0 radical (unpaired) electrons. The molecular formula is C15H19NO. The van der Waals surface area contributed by atoms with Crippen molar-refractivity contribution in [2.45, 2.75) is 40.5 Å². The van der Waals surface area contributed by atoms with Gasteiger partial charge in [-0.3, -0.25) is 0 Å². The zero-order valence-corrected chi connectivity index (χ0v) is 11.0. The fraction of sp³-hybridized carbons (Fsp3) is 0.400. The lowest BCUT2D eigenvalue weighted by molar-refractivity contribution is 0.521. The Hall–Kier alpha value is -1.57. The maximum atomic E-state index is 5.82. The molecule has 0 bridgehead atoms. The minimum Gasteiger partial charge on any atom is -0.441 e. The SMILES string of the molecule is CCc1nc(-c2ccc(C)c(C)c2)oc1CC. The summed E-state index contributed by atoms with van der Waals surface area (Å²) in [5, 5.41) is 0. The van der Waals surface area contributed by atoms with E-state index in [4.69, 9.17) is 4.42 Å². The summed E-state index contributed by atoms with van der Waals surface area (Å²) in [6.45, 7) is 8.44. The molecule has 0 saturated carbocycles. The van der Waals surface area contributed by atoms with E-state index in [9.17, 15) is 0 Å². The summed E-state index contributed by atoms with van der Waals surface area (Å²) < 4.78 is 5.82. The molecule has 0 N–H and O–H groups in total. The van der Waals surface area contributed by atoms with Gasteiger partial charge in [-0.15, -0.1) is 0 Å². The van der Waals surface area contributed by atoms with Crippen LogP contribution in [0.4, 0.5) is 0 Å². The van der Waals surface area contributed by atoms with E-state index in [2.05, 4.69) is 50.9 Å². The summed E-state index contributed by atoms with van der Waals surface area (Å²) in [5.74, 6) is 1.77. The minimum absolute atomic E-state index is 0.752. The molecule has 0 fully saturated rings. The molecule has 0 spiro atoms. The molecule has 2 aromatic rings. The summed E-state index contributed by atoms with van der Waals surface area (Å²) in [6.07, 6.45) is 1.83. The largest absolute Gasteiger partial charge is 0.441 e. The molecule has 0 saturated heterocycles. The number of aromatic nitrogens is 1. The van der Waals surface area contributed by atoms with Crippen molar-refractivity contribution in [1.29, 1.82) is 0 Å². The van der Waals surface area contributed by atoms with Crippen LogP contribution in [0.25, 0.3) is 11.5 Å². The third kappa shape index (κ3) is 2.26. The third-order valence-corrected chi connectivity index (χ3v) is 3.19. The van der Waals surface area contributed by atoms with Gasteiger partial charge < -0.3 is 4.42 Å². The van der Waals surface area contributed by atoms with Gasteiger partial charge in [0.15, 0.2) is 0 Å². The van der Waals surface area contributed by atoms with Crippen LogP contribution < -0.4 is 0 Å². The van der Waals surface area contributed by atoms with Gasteiger partial charge in [-0.1, -0.05) is 19.9 Å². The van der Waals surface area contributed by atoms with E-state index in [1.807, 2.05) is 0 Å². The first-order valence-electron chi connectivity index (χ1n) is 6.21. The number of oxazole rings is 1. The van der Waals surface area contributed by atoms with Crippen LogP contribution in [0, 0.1) is 13.8 Å². The van der Waals surface area contributed by atoms with E-state index in [0.717, 1.165) is 35.7 Å². The molecule has 0 aliphatic carbocycles. The summed E-state index contributed by atoms with van der Waals surface area (Å²) in [7, 11) is 0. The van der Waals surface area contributed by atoms with Crippen LogP contribution in [-0.4, -0.2) is 4.98 Å². The van der Waals surface area contributed by atoms with Crippen LogP contribution in [0.3, 0.4) is 0 Å². The maximum absolute atomic E-state index is 5.82.